The van der Waals surface area contributed by atoms with Crippen LogP contribution in [0.4, 0.5) is 5.82 Å². The predicted octanol–water partition coefficient (Wildman–Crippen LogP) is 1.16. The monoisotopic (exact) mass is 269 g/mol. The van der Waals surface area contributed by atoms with Crippen molar-refractivity contribution in [2.75, 3.05) is 5.73 Å². The summed E-state index contributed by atoms with van der Waals surface area (Å²) in [5.74, 6) is -0.0119. The SMILES string of the molecule is Nc1ccnn1C(=O)[C@@H](N)Cc1c[nH]c2ccccc12. The molecule has 0 amide bonds. The Balaban J connectivity index is 1.84. The molecule has 5 N–H and O–H groups in total. The molecule has 6 heteroatoms. The second kappa shape index (κ2) is 4.82. The van der Waals surface area contributed by atoms with Crippen LogP contribution >= 0.6 is 0 Å². The number of carbonyl (C=O) groups is 1. The van der Waals surface area contributed by atoms with Crippen molar-refractivity contribution in [1.29, 1.82) is 0 Å². The van der Waals surface area contributed by atoms with Gasteiger partial charge in [0.05, 0.1) is 12.2 Å². The Morgan fingerprint density at radius 2 is 2.15 bits per heavy atom. The number of nitrogen functional groups attached to an aromatic ring is 1. The summed E-state index contributed by atoms with van der Waals surface area (Å²) in [7, 11) is 0. The first-order chi connectivity index (χ1) is 9.66. The van der Waals surface area contributed by atoms with Crippen LogP contribution in [0.3, 0.4) is 0 Å². The molecule has 20 heavy (non-hydrogen) atoms. The second-order valence-electron chi connectivity index (χ2n) is 4.68. The van der Waals surface area contributed by atoms with E-state index in [1.54, 1.807) is 6.07 Å². The van der Waals surface area contributed by atoms with Gasteiger partial charge in [-0.1, -0.05) is 18.2 Å². The van der Waals surface area contributed by atoms with Crippen LogP contribution in [0.5, 0.6) is 0 Å². The first-order valence-corrected chi connectivity index (χ1v) is 6.31. The third-order valence-corrected chi connectivity index (χ3v) is 3.31. The molecule has 3 rings (SSSR count). The molecule has 6 nitrogen and oxygen atoms in total. The average molecular weight is 269 g/mol. The number of para-hydroxylation sites is 1. The van der Waals surface area contributed by atoms with Crippen LogP contribution in [-0.4, -0.2) is 26.7 Å². The van der Waals surface area contributed by atoms with Gasteiger partial charge in [0.2, 0.25) is 0 Å². The number of H-pyrrole nitrogens is 1. The van der Waals surface area contributed by atoms with Gasteiger partial charge >= 0.3 is 0 Å². The number of benzene rings is 1. The Hall–Kier alpha value is -2.60. The first kappa shape index (κ1) is 12.4. The van der Waals surface area contributed by atoms with Crippen LogP contribution in [0.15, 0.2) is 42.7 Å². The summed E-state index contributed by atoms with van der Waals surface area (Å²) in [6, 6.07) is 8.78. The van der Waals surface area contributed by atoms with Gasteiger partial charge in [-0.15, -0.1) is 0 Å². The van der Waals surface area contributed by atoms with E-state index >= 15 is 0 Å². The fourth-order valence-electron chi connectivity index (χ4n) is 2.28. The molecule has 0 spiro atoms. The summed E-state index contributed by atoms with van der Waals surface area (Å²) in [6.45, 7) is 0. The highest BCUT2D eigenvalue weighted by Gasteiger charge is 2.19. The number of nitrogens with zero attached hydrogens (tertiary/aromatic N) is 2. The highest BCUT2D eigenvalue weighted by Crippen LogP contribution is 2.19. The molecule has 0 saturated carbocycles. The van der Waals surface area contributed by atoms with E-state index in [9.17, 15) is 4.79 Å². The summed E-state index contributed by atoms with van der Waals surface area (Å²) in [5, 5.41) is 4.96. The molecule has 1 atom stereocenters. The fourth-order valence-corrected chi connectivity index (χ4v) is 2.28. The smallest absolute Gasteiger partial charge is 0.265 e. The molecule has 0 aliphatic rings. The van der Waals surface area contributed by atoms with Crippen molar-refractivity contribution in [1.82, 2.24) is 14.8 Å². The lowest BCUT2D eigenvalue weighted by Gasteiger charge is -2.10. The normalized spacial score (nSPS) is 12.7. The number of nitrogens with one attached hydrogen (secondary N) is 1. The van der Waals surface area contributed by atoms with Crippen molar-refractivity contribution in [3.05, 3.63) is 48.3 Å². The van der Waals surface area contributed by atoms with Gasteiger partial charge in [-0.05, 0) is 18.1 Å². The van der Waals surface area contributed by atoms with Gasteiger partial charge in [0, 0.05) is 23.2 Å². The van der Waals surface area contributed by atoms with Gasteiger partial charge in [-0.25, -0.2) is 0 Å². The molecule has 1 aromatic carbocycles. The Kier molecular flexibility index (Phi) is 3.00. The highest BCUT2D eigenvalue weighted by atomic mass is 16.2. The van der Waals surface area contributed by atoms with Gasteiger partial charge in [0.25, 0.3) is 5.91 Å². The number of fused-ring (bicyclic) bond motifs is 1. The second-order valence-corrected chi connectivity index (χ2v) is 4.68. The van der Waals surface area contributed by atoms with Gasteiger partial charge in [0.1, 0.15) is 5.82 Å². The fraction of sp³-hybridized carbons (Fsp3) is 0.143. The summed E-state index contributed by atoms with van der Waals surface area (Å²) in [5.41, 5.74) is 13.7. The van der Waals surface area contributed by atoms with Gasteiger partial charge in [-0.3, -0.25) is 4.79 Å². The van der Waals surface area contributed by atoms with E-state index in [1.165, 1.54) is 6.20 Å². The van der Waals surface area contributed by atoms with Gasteiger partial charge < -0.3 is 16.5 Å². The molecule has 0 saturated heterocycles. The number of aromatic amines is 1. The Labute approximate surface area is 115 Å². The van der Waals surface area contributed by atoms with Crippen molar-refractivity contribution >= 4 is 22.6 Å². The van der Waals surface area contributed by atoms with E-state index in [0.717, 1.165) is 21.1 Å². The molecular weight excluding hydrogens is 254 g/mol. The molecule has 0 aliphatic heterocycles. The Bertz CT molecular complexity index is 758. The zero-order valence-corrected chi connectivity index (χ0v) is 10.8. The van der Waals surface area contributed by atoms with Crippen LogP contribution in [0, 0.1) is 0 Å². The maximum absolute atomic E-state index is 12.2. The number of carbonyl (C=O) groups excluding carboxylic acids is 1. The molecule has 0 bridgehead atoms. The number of rotatable bonds is 3. The van der Waals surface area contributed by atoms with Crippen LogP contribution < -0.4 is 11.5 Å². The summed E-state index contributed by atoms with van der Waals surface area (Å²) >= 11 is 0. The van der Waals surface area contributed by atoms with E-state index in [4.69, 9.17) is 11.5 Å². The number of hydrogen-bond acceptors (Lipinski definition) is 4. The van der Waals surface area contributed by atoms with Crippen molar-refractivity contribution in [3.8, 4) is 0 Å². The van der Waals surface area contributed by atoms with Crippen LogP contribution in [-0.2, 0) is 6.42 Å². The topological polar surface area (TPSA) is 103 Å². The first-order valence-electron chi connectivity index (χ1n) is 6.31. The molecule has 2 heterocycles. The number of anilines is 1. The minimum Gasteiger partial charge on any atom is -0.383 e. The average Bonchev–Trinajstić information content (AvgIpc) is 3.05. The Morgan fingerprint density at radius 3 is 2.90 bits per heavy atom. The molecule has 0 fully saturated rings. The van der Waals surface area contributed by atoms with E-state index in [0.29, 0.717) is 12.2 Å². The summed E-state index contributed by atoms with van der Waals surface area (Å²) in [4.78, 5) is 15.3. The molecule has 0 radical (unpaired) electrons. The van der Waals surface area contributed by atoms with E-state index in [2.05, 4.69) is 10.1 Å². The zero-order chi connectivity index (χ0) is 14.1. The minimum atomic E-state index is -0.684. The molecule has 2 aromatic heterocycles. The predicted molar refractivity (Wildman–Crippen MR) is 77.2 cm³/mol. The molecule has 3 aromatic rings. The van der Waals surface area contributed by atoms with Gasteiger partial charge in [0.15, 0.2) is 0 Å². The van der Waals surface area contributed by atoms with Crippen molar-refractivity contribution in [2.45, 2.75) is 12.5 Å². The third kappa shape index (κ3) is 2.06. The lowest BCUT2D eigenvalue weighted by atomic mass is 10.1. The molecule has 0 unspecified atom stereocenters. The maximum Gasteiger partial charge on any atom is 0.265 e. The largest absolute Gasteiger partial charge is 0.383 e. The number of hydrogen-bond donors (Lipinski definition) is 3. The van der Waals surface area contributed by atoms with Crippen molar-refractivity contribution < 1.29 is 4.79 Å². The van der Waals surface area contributed by atoms with Crippen LogP contribution in [0.1, 0.15) is 10.4 Å². The molecular formula is C14H15N5O. The maximum atomic E-state index is 12.2. The zero-order valence-electron chi connectivity index (χ0n) is 10.8. The number of nitrogens with two attached hydrogens (primary N) is 2. The molecule has 0 aliphatic carbocycles. The van der Waals surface area contributed by atoms with E-state index in [-0.39, 0.29) is 5.91 Å². The van der Waals surface area contributed by atoms with E-state index in [1.807, 2.05) is 30.5 Å². The van der Waals surface area contributed by atoms with Crippen LogP contribution in [0.25, 0.3) is 10.9 Å². The minimum absolute atomic E-state index is 0.296. The standard InChI is InChI=1S/C14H15N5O/c15-11(14(20)19-13(16)5-6-18-19)7-9-8-17-12-4-2-1-3-10(9)12/h1-6,8,11,17H,7,15-16H2/t11-/m0/s1. The van der Waals surface area contributed by atoms with Crippen molar-refractivity contribution in [3.63, 3.8) is 0 Å². The third-order valence-electron chi connectivity index (χ3n) is 3.31. The molecule has 102 valence electrons. The quantitative estimate of drug-likeness (QED) is 0.663. The number of aromatic nitrogens is 3. The highest BCUT2D eigenvalue weighted by molar-refractivity contribution is 5.88. The summed E-state index contributed by atoms with van der Waals surface area (Å²) < 4.78 is 1.14. The van der Waals surface area contributed by atoms with Crippen molar-refractivity contribution in [2.24, 2.45) is 5.73 Å². The lowest BCUT2D eigenvalue weighted by molar-refractivity contribution is 0.0866. The van der Waals surface area contributed by atoms with Crippen LogP contribution in [0.2, 0.25) is 0 Å². The Morgan fingerprint density at radius 1 is 1.35 bits per heavy atom. The lowest BCUT2D eigenvalue weighted by Crippen LogP contribution is -2.37. The van der Waals surface area contributed by atoms with Gasteiger partial charge in [-0.2, -0.15) is 9.78 Å². The van der Waals surface area contributed by atoms with E-state index < -0.39 is 6.04 Å². The summed E-state index contributed by atoms with van der Waals surface area (Å²) in [6.07, 6.45) is 3.79.